The molecule has 1 saturated heterocycles. The fourth-order valence-corrected chi connectivity index (χ4v) is 4.56. The molecule has 4 nitrogen and oxygen atoms in total. The standard InChI is InChI=1S/C22H32N4/c1-17(2)12-20-13-21(24-23-20)15-25-10-5-8-22(16-25)26-11-9-18-6-3-4-7-19(18)14-26/h3-4,6-7,13,17,22H,5,8-12,14-16H2,1-2H3,(H,23,24). The first-order valence-corrected chi connectivity index (χ1v) is 10.2. The van der Waals surface area contributed by atoms with Crippen LogP contribution in [0.25, 0.3) is 0 Å². The van der Waals surface area contributed by atoms with Gasteiger partial charge in [-0.25, -0.2) is 0 Å². The second-order valence-corrected chi connectivity index (χ2v) is 8.50. The lowest BCUT2D eigenvalue weighted by Gasteiger charge is -2.41. The lowest BCUT2D eigenvalue weighted by Crippen LogP contribution is -2.49. The van der Waals surface area contributed by atoms with Crippen molar-refractivity contribution >= 4 is 0 Å². The van der Waals surface area contributed by atoms with Crippen molar-refractivity contribution < 1.29 is 0 Å². The zero-order valence-electron chi connectivity index (χ0n) is 16.2. The Bertz CT molecular complexity index is 720. The summed E-state index contributed by atoms with van der Waals surface area (Å²) < 4.78 is 0. The van der Waals surface area contributed by atoms with Crippen molar-refractivity contribution in [2.45, 2.75) is 58.7 Å². The largest absolute Gasteiger partial charge is 0.296 e. The molecule has 0 aliphatic carbocycles. The number of fused-ring (bicyclic) bond motifs is 1. The molecule has 2 aromatic rings. The molecule has 2 aliphatic heterocycles. The van der Waals surface area contributed by atoms with Gasteiger partial charge in [0, 0.05) is 37.9 Å². The first-order valence-electron chi connectivity index (χ1n) is 10.2. The molecule has 2 aliphatic rings. The predicted octanol–water partition coefficient (Wildman–Crippen LogP) is 3.63. The first-order chi connectivity index (χ1) is 12.7. The highest BCUT2D eigenvalue weighted by atomic mass is 15.2. The molecule has 1 aromatic carbocycles. The molecule has 0 bridgehead atoms. The summed E-state index contributed by atoms with van der Waals surface area (Å²) >= 11 is 0. The molecule has 3 heterocycles. The molecule has 140 valence electrons. The number of hydrogen-bond acceptors (Lipinski definition) is 3. The lowest BCUT2D eigenvalue weighted by atomic mass is 9.96. The zero-order chi connectivity index (χ0) is 17.9. The van der Waals surface area contributed by atoms with Gasteiger partial charge < -0.3 is 0 Å². The monoisotopic (exact) mass is 352 g/mol. The van der Waals surface area contributed by atoms with Crippen molar-refractivity contribution in [3.8, 4) is 0 Å². The van der Waals surface area contributed by atoms with Crippen LogP contribution in [0.1, 0.15) is 49.2 Å². The predicted molar refractivity (Wildman–Crippen MR) is 106 cm³/mol. The maximum Gasteiger partial charge on any atom is 0.0628 e. The minimum atomic E-state index is 0.660. The highest BCUT2D eigenvalue weighted by Crippen LogP contribution is 2.25. The van der Waals surface area contributed by atoms with Gasteiger partial charge in [-0.1, -0.05) is 38.1 Å². The summed E-state index contributed by atoms with van der Waals surface area (Å²) in [6, 6.07) is 11.9. The van der Waals surface area contributed by atoms with Gasteiger partial charge in [-0.15, -0.1) is 0 Å². The van der Waals surface area contributed by atoms with Gasteiger partial charge in [0.15, 0.2) is 0 Å². The molecule has 0 spiro atoms. The van der Waals surface area contributed by atoms with Crippen LogP contribution in [0.2, 0.25) is 0 Å². The Morgan fingerprint density at radius 2 is 2.04 bits per heavy atom. The van der Waals surface area contributed by atoms with Gasteiger partial charge in [-0.2, -0.15) is 5.10 Å². The molecular weight excluding hydrogens is 320 g/mol. The highest BCUT2D eigenvalue weighted by molar-refractivity contribution is 5.29. The van der Waals surface area contributed by atoms with E-state index in [0.717, 1.165) is 19.5 Å². The topological polar surface area (TPSA) is 35.2 Å². The van der Waals surface area contributed by atoms with E-state index in [0.29, 0.717) is 12.0 Å². The Morgan fingerprint density at radius 1 is 1.19 bits per heavy atom. The fraction of sp³-hybridized carbons (Fsp3) is 0.591. The van der Waals surface area contributed by atoms with E-state index in [4.69, 9.17) is 0 Å². The number of H-pyrrole nitrogens is 1. The molecule has 1 N–H and O–H groups in total. The Balaban J connectivity index is 1.35. The van der Waals surface area contributed by atoms with E-state index >= 15 is 0 Å². The van der Waals surface area contributed by atoms with Crippen LogP contribution >= 0.6 is 0 Å². The van der Waals surface area contributed by atoms with Crippen molar-refractivity contribution in [1.82, 2.24) is 20.0 Å². The fourth-order valence-electron chi connectivity index (χ4n) is 4.56. The molecule has 0 saturated carbocycles. The summed E-state index contributed by atoms with van der Waals surface area (Å²) in [5.74, 6) is 0.660. The van der Waals surface area contributed by atoms with Crippen LogP contribution in [0.15, 0.2) is 30.3 Å². The maximum atomic E-state index is 4.49. The Kier molecular flexibility index (Phi) is 5.41. The van der Waals surface area contributed by atoms with Gasteiger partial charge in [0.25, 0.3) is 0 Å². The quantitative estimate of drug-likeness (QED) is 0.892. The van der Waals surface area contributed by atoms with E-state index in [1.54, 1.807) is 5.56 Å². The summed E-state index contributed by atoms with van der Waals surface area (Å²) in [5, 5.41) is 7.75. The zero-order valence-corrected chi connectivity index (χ0v) is 16.2. The van der Waals surface area contributed by atoms with E-state index in [2.05, 4.69) is 64.2 Å². The van der Waals surface area contributed by atoms with Crippen LogP contribution in [0, 0.1) is 5.92 Å². The minimum absolute atomic E-state index is 0.660. The average Bonchev–Trinajstić information content (AvgIpc) is 3.07. The molecule has 26 heavy (non-hydrogen) atoms. The van der Waals surface area contributed by atoms with Crippen molar-refractivity contribution in [2.75, 3.05) is 19.6 Å². The number of rotatable bonds is 5. The van der Waals surface area contributed by atoms with Crippen LogP contribution in [0.5, 0.6) is 0 Å². The van der Waals surface area contributed by atoms with Gasteiger partial charge in [-0.3, -0.25) is 14.9 Å². The third-order valence-corrected chi connectivity index (χ3v) is 5.85. The van der Waals surface area contributed by atoms with E-state index in [-0.39, 0.29) is 0 Å². The summed E-state index contributed by atoms with van der Waals surface area (Å²) in [6.07, 6.45) is 4.90. The van der Waals surface area contributed by atoms with E-state index in [1.165, 1.54) is 55.8 Å². The Morgan fingerprint density at radius 3 is 2.88 bits per heavy atom. The Hall–Kier alpha value is -1.65. The van der Waals surface area contributed by atoms with Gasteiger partial charge in [-0.05, 0) is 55.3 Å². The average molecular weight is 353 g/mol. The molecule has 4 heteroatoms. The van der Waals surface area contributed by atoms with Crippen molar-refractivity contribution in [1.29, 1.82) is 0 Å². The summed E-state index contributed by atoms with van der Waals surface area (Å²) in [7, 11) is 0. The van der Waals surface area contributed by atoms with Crippen LogP contribution in [-0.4, -0.2) is 45.7 Å². The minimum Gasteiger partial charge on any atom is -0.296 e. The maximum absolute atomic E-state index is 4.49. The SMILES string of the molecule is CC(C)Cc1cc(CN2CCCC(N3CCc4ccccc4C3)C2)[nH]n1. The second kappa shape index (κ2) is 7.93. The summed E-state index contributed by atoms with van der Waals surface area (Å²) in [4.78, 5) is 5.33. The highest BCUT2D eigenvalue weighted by Gasteiger charge is 2.28. The number of nitrogens with zero attached hydrogens (tertiary/aromatic N) is 3. The van der Waals surface area contributed by atoms with Crippen LogP contribution in [-0.2, 0) is 25.9 Å². The number of likely N-dealkylation sites (tertiary alicyclic amines) is 1. The molecule has 1 aromatic heterocycles. The van der Waals surface area contributed by atoms with E-state index in [9.17, 15) is 0 Å². The van der Waals surface area contributed by atoms with Crippen molar-refractivity contribution in [3.05, 3.63) is 52.8 Å². The number of nitrogens with one attached hydrogen (secondary N) is 1. The molecule has 1 atom stereocenters. The number of hydrogen-bond donors (Lipinski definition) is 1. The van der Waals surface area contributed by atoms with Crippen molar-refractivity contribution in [2.24, 2.45) is 5.92 Å². The van der Waals surface area contributed by atoms with E-state index < -0.39 is 0 Å². The third kappa shape index (κ3) is 4.18. The first kappa shape index (κ1) is 17.7. The van der Waals surface area contributed by atoms with Gasteiger partial charge in [0.05, 0.1) is 5.69 Å². The smallest absolute Gasteiger partial charge is 0.0628 e. The Labute approximate surface area is 157 Å². The van der Waals surface area contributed by atoms with Crippen LogP contribution < -0.4 is 0 Å². The number of aromatic amines is 1. The number of benzene rings is 1. The normalized spacial score (nSPS) is 21.9. The van der Waals surface area contributed by atoms with E-state index in [1.807, 2.05) is 0 Å². The molecule has 4 rings (SSSR count). The molecule has 1 unspecified atom stereocenters. The summed E-state index contributed by atoms with van der Waals surface area (Å²) in [6.45, 7) is 10.2. The van der Waals surface area contributed by atoms with Crippen molar-refractivity contribution in [3.63, 3.8) is 0 Å². The molecule has 0 radical (unpaired) electrons. The van der Waals surface area contributed by atoms with Crippen LogP contribution in [0.4, 0.5) is 0 Å². The number of aromatic nitrogens is 2. The lowest BCUT2D eigenvalue weighted by molar-refractivity contribution is 0.0832. The molecule has 1 fully saturated rings. The third-order valence-electron chi connectivity index (χ3n) is 5.85. The van der Waals surface area contributed by atoms with Gasteiger partial charge in [0.1, 0.15) is 0 Å². The van der Waals surface area contributed by atoms with Gasteiger partial charge >= 0.3 is 0 Å². The number of piperidine rings is 1. The van der Waals surface area contributed by atoms with Gasteiger partial charge in [0.2, 0.25) is 0 Å². The molecular formula is C22H32N4. The summed E-state index contributed by atoms with van der Waals surface area (Å²) in [5.41, 5.74) is 5.55. The molecule has 0 amide bonds. The van der Waals surface area contributed by atoms with Crippen LogP contribution in [0.3, 0.4) is 0 Å². The second-order valence-electron chi connectivity index (χ2n) is 8.50.